The summed E-state index contributed by atoms with van der Waals surface area (Å²) in [4.78, 5) is 26.1. The summed E-state index contributed by atoms with van der Waals surface area (Å²) in [6, 6.07) is 10.1. The average molecular weight is 336 g/mol. The maximum atomic E-state index is 13.0. The Morgan fingerprint density at radius 1 is 1.04 bits per heavy atom. The van der Waals surface area contributed by atoms with Gasteiger partial charge in [-0.2, -0.15) is 0 Å². The number of aryl methyl sites for hydroxylation is 1. The van der Waals surface area contributed by atoms with Gasteiger partial charge in [0.1, 0.15) is 5.82 Å². The van der Waals surface area contributed by atoms with Gasteiger partial charge in [-0.3, -0.25) is 4.79 Å². The van der Waals surface area contributed by atoms with Crippen LogP contribution in [0.4, 0.5) is 5.69 Å². The molecule has 2 aliphatic rings. The van der Waals surface area contributed by atoms with Gasteiger partial charge in [-0.05, 0) is 62.9 Å². The SMILES string of the molecule is Cc1nccc([C@H]2CCCN2C(=O)c2ccc(N3CCCC3)cc2)n1. The number of likely N-dealkylation sites (tertiary alicyclic amines) is 1. The predicted octanol–water partition coefficient (Wildman–Crippen LogP) is 3.36. The van der Waals surface area contributed by atoms with Crippen molar-refractivity contribution in [3.63, 3.8) is 0 Å². The number of anilines is 1. The summed E-state index contributed by atoms with van der Waals surface area (Å²) in [5.74, 6) is 0.860. The highest BCUT2D eigenvalue weighted by Crippen LogP contribution is 2.32. The summed E-state index contributed by atoms with van der Waals surface area (Å²) in [6.45, 7) is 4.92. The van der Waals surface area contributed by atoms with Crippen LogP contribution in [0, 0.1) is 6.92 Å². The monoisotopic (exact) mass is 336 g/mol. The van der Waals surface area contributed by atoms with Crippen molar-refractivity contribution in [1.29, 1.82) is 0 Å². The number of hydrogen-bond donors (Lipinski definition) is 0. The van der Waals surface area contributed by atoms with Gasteiger partial charge in [-0.1, -0.05) is 0 Å². The Kier molecular flexibility index (Phi) is 4.38. The van der Waals surface area contributed by atoms with Crippen LogP contribution in [0.2, 0.25) is 0 Å². The molecule has 0 N–H and O–H groups in total. The number of benzene rings is 1. The van der Waals surface area contributed by atoms with Gasteiger partial charge in [0.15, 0.2) is 0 Å². The lowest BCUT2D eigenvalue weighted by atomic mass is 10.1. The number of rotatable bonds is 3. The summed E-state index contributed by atoms with van der Waals surface area (Å²) < 4.78 is 0. The van der Waals surface area contributed by atoms with Crippen molar-refractivity contribution in [1.82, 2.24) is 14.9 Å². The number of carbonyl (C=O) groups excluding carboxylic acids is 1. The Morgan fingerprint density at radius 3 is 2.52 bits per heavy atom. The first-order chi connectivity index (χ1) is 12.2. The van der Waals surface area contributed by atoms with E-state index in [9.17, 15) is 4.79 Å². The molecule has 130 valence electrons. The normalized spacial score (nSPS) is 20.3. The van der Waals surface area contributed by atoms with E-state index in [0.717, 1.165) is 49.6 Å². The third kappa shape index (κ3) is 3.23. The van der Waals surface area contributed by atoms with E-state index >= 15 is 0 Å². The quantitative estimate of drug-likeness (QED) is 0.862. The fourth-order valence-electron chi connectivity index (χ4n) is 3.93. The van der Waals surface area contributed by atoms with Crippen molar-refractivity contribution in [3.8, 4) is 0 Å². The Morgan fingerprint density at radius 2 is 1.80 bits per heavy atom. The van der Waals surface area contributed by atoms with Gasteiger partial charge in [0.2, 0.25) is 0 Å². The van der Waals surface area contributed by atoms with Crippen molar-refractivity contribution in [3.05, 3.63) is 53.6 Å². The first-order valence-corrected chi connectivity index (χ1v) is 9.18. The molecule has 3 heterocycles. The van der Waals surface area contributed by atoms with Gasteiger partial charge in [0.05, 0.1) is 11.7 Å². The minimum absolute atomic E-state index is 0.0625. The smallest absolute Gasteiger partial charge is 0.254 e. The zero-order chi connectivity index (χ0) is 17.2. The molecule has 1 aromatic carbocycles. The van der Waals surface area contributed by atoms with E-state index in [2.05, 4.69) is 27.0 Å². The second-order valence-electron chi connectivity index (χ2n) is 6.93. The average Bonchev–Trinajstić information content (AvgIpc) is 3.33. The summed E-state index contributed by atoms with van der Waals surface area (Å²) in [6.07, 6.45) is 6.28. The Hall–Kier alpha value is -2.43. The molecule has 0 unspecified atom stereocenters. The molecule has 1 aromatic heterocycles. The van der Waals surface area contributed by atoms with Crippen LogP contribution < -0.4 is 4.90 Å². The van der Waals surface area contributed by atoms with Crippen molar-refractivity contribution in [2.24, 2.45) is 0 Å². The van der Waals surface area contributed by atoms with Crippen LogP contribution in [0.25, 0.3) is 0 Å². The third-order valence-corrected chi connectivity index (χ3v) is 5.24. The molecular formula is C20H24N4O. The molecule has 2 fully saturated rings. The lowest BCUT2D eigenvalue weighted by molar-refractivity contribution is 0.0732. The number of carbonyl (C=O) groups is 1. The summed E-state index contributed by atoms with van der Waals surface area (Å²) in [5, 5.41) is 0. The van der Waals surface area contributed by atoms with Gasteiger partial charge >= 0.3 is 0 Å². The lowest BCUT2D eigenvalue weighted by Crippen LogP contribution is -2.31. The van der Waals surface area contributed by atoms with Crippen LogP contribution in [0.5, 0.6) is 0 Å². The van der Waals surface area contributed by atoms with E-state index in [1.807, 2.05) is 30.0 Å². The van der Waals surface area contributed by atoms with Crippen molar-refractivity contribution >= 4 is 11.6 Å². The highest BCUT2D eigenvalue weighted by molar-refractivity contribution is 5.95. The molecular weight excluding hydrogens is 312 g/mol. The van der Waals surface area contributed by atoms with E-state index in [1.165, 1.54) is 18.5 Å². The predicted molar refractivity (Wildman–Crippen MR) is 97.7 cm³/mol. The maximum Gasteiger partial charge on any atom is 0.254 e. The second-order valence-corrected chi connectivity index (χ2v) is 6.93. The molecule has 1 amide bonds. The van der Waals surface area contributed by atoms with Crippen LogP contribution in [0.1, 0.15) is 53.6 Å². The maximum absolute atomic E-state index is 13.0. The van der Waals surface area contributed by atoms with E-state index in [1.54, 1.807) is 6.20 Å². The fourth-order valence-corrected chi connectivity index (χ4v) is 3.93. The molecule has 0 saturated carbocycles. The molecule has 0 bridgehead atoms. The first kappa shape index (κ1) is 16.1. The van der Waals surface area contributed by atoms with Gasteiger partial charge in [0.25, 0.3) is 5.91 Å². The minimum Gasteiger partial charge on any atom is -0.372 e. The summed E-state index contributed by atoms with van der Waals surface area (Å²) in [7, 11) is 0. The first-order valence-electron chi connectivity index (χ1n) is 9.18. The van der Waals surface area contributed by atoms with Crippen molar-refractivity contribution < 1.29 is 4.79 Å². The van der Waals surface area contributed by atoms with Gasteiger partial charge in [0, 0.05) is 37.1 Å². The molecule has 1 atom stereocenters. The second kappa shape index (κ2) is 6.82. The lowest BCUT2D eigenvalue weighted by Gasteiger charge is -2.25. The zero-order valence-electron chi connectivity index (χ0n) is 14.7. The standard InChI is InChI=1S/C20H24N4O/c1-15-21-11-10-18(22-15)19-5-4-14-24(19)20(25)16-6-8-17(9-7-16)23-12-2-3-13-23/h6-11,19H,2-5,12-14H2,1H3/t19-/m1/s1. The van der Waals surface area contributed by atoms with E-state index in [4.69, 9.17) is 0 Å². The van der Waals surface area contributed by atoms with Crippen LogP contribution >= 0.6 is 0 Å². The summed E-state index contributed by atoms with van der Waals surface area (Å²) in [5.41, 5.74) is 2.94. The number of aromatic nitrogens is 2. The van der Waals surface area contributed by atoms with E-state index in [-0.39, 0.29) is 11.9 Å². The zero-order valence-corrected chi connectivity index (χ0v) is 14.7. The largest absolute Gasteiger partial charge is 0.372 e. The molecule has 5 heteroatoms. The molecule has 2 saturated heterocycles. The van der Waals surface area contributed by atoms with Crippen LogP contribution in [0.15, 0.2) is 36.5 Å². The summed E-state index contributed by atoms with van der Waals surface area (Å²) >= 11 is 0. The van der Waals surface area contributed by atoms with Crippen LogP contribution in [-0.4, -0.2) is 40.4 Å². The van der Waals surface area contributed by atoms with Gasteiger partial charge in [-0.25, -0.2) is 9.97 Å². The Labute approximate surface area is 148 Å². The molecule has 2 aliphatic heterocycles. The third-order valence-electron chi connectivity index (χ3n) is 5.24. The van der Waals surface area contributed by atoms with Crippen molar-refractivity contribution in [2.45, 2.75) is 38.6 Å². The molecule has 5 nitrogen and oxygen atoms in total. The molecule has 2 aromatic rings. The molecule has 4 rings (SSSR count). The van der Waals surface area contributed by atoms with E-state index < -0.39 is 0 Å². The van der Waals surface area contributed by atoms with Gasteiger partial charge < -0.3 is 9.80 Å². The topological polar surface area (TPSA) is 49.3 Å². The molecule has 0 spiro atoms. The van der Waals surface area contributed by atoms with Gasteiger partial charge in [-0.15, -0.1) is 0 Å². The van der Waals surface area contributed by atoms with Crippen molar-refractivity contribution in [2.75, 3.05) is 24.5 Å². The van der Waals surface area contributed by atoms with Crippen LogP contribution in [-0.2, 0) is 0 Å². The fraction of sp³-hybridized carbons (Fsp3) is 0.450. The number of amides is 1. The van der Waals surface area contributed by atoms with Crippen LogP contribution in [0.3, 0.4) is 0 Å². The Bertz CT molecular complexity index is 753. The highest BCUT2D eigenvalue weighted by Gasteiger charge is 2.31. The number of nitrogens with zero attached hydrogens (tertiary/aromatic N) is 4. The number of hydrogen-bond acceptors (Lipinski definition) is 4. The Balaban J connectivity index is 1.53. The molecule has 0 aliphatic carbocycles. The highest BCUT2D eigenvalue weighted by atomic mass is 16.2. The minimum atomic E-state index is 0.0625. The molecule has 0 radical (unpaired) electrons. The molecule has 25 heavy (non-hydrogen) atoms. The van der Waals surface area contributed by atoms with E-state index in [0.29, 0.717) is 0 Å².